The Kier molecular flexibility index (Phi) is 6.92. The second-order valence-corrected chi connectivity index (χ2v) is 9.28. The van der Waals surface area contributed by atoms with Crippen LogP contribution in [0.15, 0.2) is 77.7 Å². The molecule has 3 aromatic carbocycles. The van der Waals surface area contributed by atoms with Gasteiger partial charge in [-0.1, -0.05) is 59.6 Å². The minimum atomic E-state index is -3.92. The minimum absolute atomic E-state index is 0.0456. The number of halogens is 1. The Bertz CT molecular complexity index is 1130. The van der Waals surface area contributed by atoms with Gasteiger partial charge in [0.15, 0.2) is 0 Å². The Morgan fingerprint density at radius 2 is 1.63 bits per heavy atom. The molecule has 0 saturated carbocycles. The highest BCUT2D eigenvalue weighted by atomic mass is 35.5. The van der Waals surface area contributed by atoms with Crippen molar-refractivity contribution < 1.29 is 13.2 Å². The molecule has 7 heteroatoms. The lowest BCUT2D eigenvalue weighted by Crippen LogP contribution is -2.45. The van der Waals surface area contributed by atoms with Crippen molar-refractivity contribution >= 4 is 33.2 Å². The van der Waals surface area contributed by atoms with Crippen molar-refractivity contribution in [1.82, 2.24) is 4.72 Å². The van der Waals surface area contributed by atoms with Gasteiger partial charge in [0.05, 0.1) is 4.90 Å². The molecule has 3 aromatic rings. The quantitative estimate of drug-likeness (QED) is 0.566. The molecule has 5 nitrogen and oxygen atoms in total. The number of hydrogen-bond donors (Lipinski definition) is 2. The van der Waals surface area contributed by atoms with Crippen LogP contribution in [0.5, 0.6) is 0 Å². The van der Waals surface area contributed by atoms with E-state index in [0.29, 0.717) is 10.7 Å². The van der Waals surface area contributed by atoms with Gasteiger partial charge in [0.1, 0.15) is 6.04 Å². The maximum atomic E-state index is 13.1. The van der Waals surface area contributed by atoms with Gasteiger partial charge in [0, 0.05) is 10.7 Å². The number of aryl methyl sites for hydroxylation is 2. The van der Waals surface area contributed by atoms with Crippen LogP contribution in [0.2, 0.25) is 5.02 Å². The lowest BCUT2D eigenvalue weighted by atomic mass is 10.1. The summed E-state index contributed by atoms with van der Waals surface area (Å²) in [6.45, 7) is 3.86. The molecule has 1 amide bonds. The molecule has 0 aliphatic heterocycles. The number of sulfonamides is 1. The third-order valence-electron chi connectivity index (χ3n) is 4.66. The van der Waals surface area contributed by atoms with Crippen LogP contribution in [0.1, 0.15) is 16.7 Å². The first-order valence-electron chi connectivity index (χ1n) is 9.44. The topological polar surface area (TPSA) is 75.3 Å². The first-order chi connectivity index (χ1) is 14.2. The van der Waals surface area contributed by atoms with Gasteiger partial charge in [0.2, 0.25) is 15.9 Å². The van der Waals surface area contributed by atoms with Gasteiger partial charge in [-0.3, -0.25) is 4.79 Å². The van der Waals surface area contributed by atoms with Crippen LogP contribution in [0, 0.1) is 13.8 Å². The number of nitrogens with one attached hydrogen (secondary N) is 2. The number of anilines is 1. The first kappa shape index (κ1) is 22.0. The molecule has 1 atom stereocenters. The van der Waals surface area contributed by atoms with E-state index in [4.69, 9.17) is 11.6 Å². The molecule has 1 unspecified atom stereocenters. The number of benzene rings is 3. The van der Waals surface area contributed by atoms with E-state index in [2.05, 4.69) is 10.0 Å². The molecule has 3 rings (SSSR count). The Morgan fingerprint density at radius 1 is 0.967 bits per heavy atom. The van der Waals surface area contributed by atoms with Gasteiger partial charge in [-0.2, -0.15) is 4.72 Å². The van der Waals surface area contributed by atoms with Gasteiger partial charge in [0.25, 0.3) is 0 Å². The van der Waals surface area contributed by atoms with Crippen LogP contribution in [-0.4, -0.2) is 20.4 Å². The third kappa shape index (κ3) is 5.69. The van der Waals surface area contributed by atoms with Crippen molar-refractivity contribution in [2.45, 2.75) is 31.2 Å². The molecule has 30 heavy (non-hydrogen) atoms. The van der Waals surface area contributed by atoms with Gasteiger partial charge in [-0.25, -0.2) is 8.42 Å². The molecule has 0 aliphatic rings. The summed E-state index contributed by atoms with van der Waals surface area (Å²) >= 11 is 5.86. The molecular weight excluding hydrogens is 420 g/mol. The molecule has 0 saturated heterocycles. The molecule has 0 fully saturated rings. The summed E-state index contributed by atoms with van der Waals surface area (Å²) in [6.07, 6.45) is 0.213. The second-order valence-electron chi connectivity index (χ2n) is 7.13. The van der Waals surface area contributed by atoms with E-state index in [9.17, 15) is 13.2 Å². The number of hydrogen-bond acceptors (Lipinski definition) is 3. The summed E-state index contributed by atoms with van der Waals surface area (Å²) in [4.78, 5) is 13.1. The van der Waals surface area contributed by atoms with Crippen molar-refractivity contribution in [3.8, 4) is 0 Å². The zero-order valence-electron chi connectivity index (χ0n) is 16.7. The highest BCUT2D eigenvalue weighted by Crippen LogP contribution is 2.18. The Balaban J connectivity index is 1.87. The van der Waals surface area contributed by atoms with Crippen molar-refractivity contribution in [3.63, 3.8) is 0 Å². The third-order valence-corrected chi connectivity index (χ3v) is 6.40. The molecule has 0 spiro atoms. The molecule has 0 radical (unpaired) electrons. The zero-order chi connectivity index (χ0) is 21.7. The molecule has 0 aliphatic carbocycles. The maximum Gasteiger partial charge on any atom is 0.242 e. The molecule has 2 N–H and O–H groups in total. The largest absolute Gasteiger partial charge is 0.324 e. The first-order valence-corrected chi connectivity index (χ1v) is 11.3. The number of carbonyl (C=O) groups excluding carboxylic acids is 1. The van der Waals surface area contributed by atoms with Crippen LogP contribution in [0.4, 0.5) is 5.69 Å². The van der Waals surface area contributed by atoms with Crippen LogP contribution >= 0.6 is 11.6 Å². The van der Waals surface area contributed by atoms with Crippen LogP contribution < -0.4 is 10.0 Å². The summed E-state index contributed by atoms with van der Waals surface area (Å²) < 4.78 is 28.3. The van der Waals surface area contributed by atoms with Gasteiger partial charge < -0.3 is 5.32 Å². The predicted octanol–water partition coefficient (Wildman–Crippen LogP) is 4.49. The van der Waals surface area contributed by atoms with E-state index in [1.165, 1.54) is 24.3 Å². The number of carbonyl (C=O) groups is 1. The van der Waals surface area contributed by atoms with Crippen molar-refractivity contribution in [1.29, 1.82) is 0 Å². The molecular formula is C23H23ClN2O3S. The highest BCUT2D eigenvalue weighted by molar-refractivity contribution is 7.89. The van der Waals surface area contributed by atoms with Gasteiger partial charge in [-0.05, 0) is 61.7 Å². The molecule has 0 bridgehead atoms. The maximum absolute atomic E-state index is 13.1. The minimum Gasteiger partial charge on any atom is -0.324 e. The molecule has 0 heterocycles. The normalized spacial score (nSPS) is 12.4. The lowest BCUT2D eigenvalue weighted by Gasteiger charge is -2.20. The predicted molar refractivity (Wildman–Crippen MR) is 120 cm³/mol. The number of amides is 1. The van der Waals surface area contributed by atoms with Crippen molar-refractivity contribution in [3.05, 3.63) is 94.5 Å². The van der Waals surface area contributed by atoms with Crippen LogP contribution in [-0.2, 0) is 21.2 Å². The van der Waals surface area contributed by atoms with E-state index >= 15 is 0 Å². The smallest absolute Gasteiger partial charge is 0.242 e. The summed E-state index contributed by atoms with van der Waals surface area (Å²) in [5, 5.41) is 3.29. The number of rotatable bonds is 7. The summed E-state index contributed by atoms with van der Waals surface area (Å²) in [5.74, 6) is -0.427. The van der Waals surface area contributed by atoms with Gasteiger partial charge in [-0.15, -0.1) is 0 Å². The Morgan fingerprint density at radius 3 is 2.27 bits per heavy atom. The fourth-order valence-corrected chi connectivity index (χ4v) is 4.40. The van der Waals surface area contributed by atoms with E-state index in [-0.39, 0.29) is 11.3 Å². The van der Waals surface area contributed by atoms with Gasteiger partial charge >= 0.3 is 0 Å². The SMILES string of the molecule is Cc1ccc(NC(=O)C(Cc2ccccc2)NS(=O)(=O)c2ccc(Cl)cc2)c(C)c1. The van der Waals surface area contributed by atoms with Crippen LogP contribution in [0.25, 0.3) is 0 Å². The summed E-state index contributed by atoms with van der Waals surface area (Å²) in [7, 11) is -3.92. The van der Waals surface area contributed by atoms with Crippen LogP contribution in [0.3, 0.4) is 0 Å². The monoisotopic (exact) mass is 442 g/mol. The summed E-state index contributed by atoms with van der Waals surface area (Å²) in [5.41, 5.74) is 3.48. The van der Waals surface area contributed by atoms with Crippen molar-refractivity contribution in [2.24, 2.45) is 0 Å². The van der Waals surface area contributed by atoms with Crippen molar-refractivity contribution in [2.75, 3.05) is 5.32 Å². The average Bonchev–Trinajstić information content (AvgIpc) is 2.70. The standard InChI is InChI=1S/C23H23ClN2O3S/c1-16-8-13-21(17(2)14-16)25-23(27)22(15-18-6-4-3-5-7-18)26-30(28,29)20-11-9-19(24)10-12-20/h3-14,22,26H,15H2,1-2H3,(H,25,27). The van der Waals surface area contributed by atoms with E-state index in [1.807, 2.05) is 62.4 Å². The van der Waals surface area contributed by atoms with E-state index in [1.54, 1.807) is 0 Å². The fourth-order valence-electron chi connectivity index (χ4n) is 3.08. The van der Waals surface area contributed by atoms with E-state index < -0.39 is 22.0 Å². The fraction of sp³-hybridized carbons (Fsp3) is 0.174. The zero-order valence-corrected chi connectivity index (χ0v) is 18.3. The van der Waals surface area contributed by atoms with E-state index in [0.717, 1.165) is 16.7 Å². The summed E-state index contributed by atoms with van der Waals surface area (Å²) in [6, 6.07) is 19.8. The Hall–Kier alpha value is -2.67. The molecule has 0 aromatic heterocycles. The molecule has 156 valence electrons. The average molecular weight is 443 g/mol. The highest BCUT2D eigenvalue weighted by Gasteiger charge is 2.26. The lowest BCUT2D eigenvalue weighted by molar-refractivity contribution is -0.117. The second kappa shape index (κ2) is 9.43. The Labute approximate surface area is 182 Å².